The van der Waals surface area contributed by atoms with Crippen LogP contribution in [0.15, 0.2) is 54.6 Å². The lowest BCUT2D eigenvalue weighted by Crippen LogP contribution is -2.48. The number of thioether (sulfide) groups is 1. The number of halogens is 1. The number of benzene rings is 2. The van der Waals surface area contributed by atoms with E-state index in [1.807, 2.05) is 61.5 Å². The standard InChI is InChI=1S/C21H25ClN2O2S/c1-3-19(21(26)23-2)24(13-16-8-5-4-6-9-16)20(25)15-27-14-17-10-7-11-18(22)12-17/h4-12,19H,3,13-15H2,1-2H3,(H,23,26)/t19-/m0/s1. The normalized spacial score (nSPS) is 11.7. The van der Waals surface area contributed by atoms with Crippen molar-refractivity contribution in [1.29, 1.82) is 0 Å². The Kier molecular flexibility index (Phi) is 8.69. The van der Waals surface area contributed by atoms with Gasteiger partial charge < -0.3 is 10.2 Å². The first-order chi connectivity index (χ1) is 13.0. The summed E-state index contributed by atoms with van der Waals surface area (Å²) in [5.41, 5.74) is 2.08. The molecule has 6 heteroatoms. The SMILES string of the molecule is CC[C@@H](C(=O)NC)N(Cc1ccccc1)C(=O)CSCc1cccc(Cl)c1. The highest BCUT2D eigenvalue weighted by Gasteiger charge is 2.27. The summed E-state index contributed by atoms with van der Waals surface area (Å²) in [7, 11) is 1.60. The van der Waals surface area contributed by atoms with Gasteiger partial charge in [-0.25, -0.2) is 0 Å². The maximum atomic E-state index is 12.9. The van der Waals surface area contributed by atoms with Crippen LogP contribution in [0.2, 0.25) is 5.02 Å². The third kappa shape index (κ3) is 6.60. The minimum Gasteiger partial charge on any atom is -0.357 e. The summed E-state index contributed by atoms with van der Waals surface area (Å²) < 4.78 is 0. The number of amides is 2. The summed E-state index contributed by atoms with van der Waals surface area (Å²) >= 11 is 7.54. The van der Waals surface area contributed by atoms with Crippen molar-refractivity contribution in [3.05, 3.63) is 70.7 Å². The van der Waals surface area contributed by atoms with Crippen LogP contribution in [-0.2, 0) is 21.9 Å². The van der Waals surface area contributed by atoms with Crippen molar-refractivity contribution in [2.45, 2.75) is 31.7 Å². The van der Waals surface area contributed by atoms with Crippen LogP contribution in [0.3, 0.4) is 0 Å². The van der Waals surface area contributed by atoms with Gasteiger partial charge in [0, 0.05) is 24.4 Å². The van der Waals surface area contributed by atoms with Crippen LogP contribution < -0.4 is 5.32 Å². The first-order valence-electron chi connectivity index (χ1n) is 8.92. The zero-order valence-electron chi connectivity index (χ0n) is 15.7. The number of likely N-dealkylation sites (N-methyl/N-ethyl adjacent to an activating group) is 1. The van der Waals surface area contributed by atoms with Crippen molar-refractivity contribution in [3.63, 3.8) is 0 Å². The van der Waals surface area contributed by atoms with Gasteiger partial charge in [-0.2, -0.15) is 0 Å². The lowest BCUT2D eigenvalue weighted by Gasteiger charge is -2.30. The molecular weight excluding hydrogens is 380 g/mol. The fourth-order valence-corrected chi connectivity index (χ4v) is 3.90. The molecule has 0 unspecified atom stereocenters. The Labute approximate surface area is 170 Å². The van der Waals surface area contributed by atoms with Gasteiger partial charge in [0.25, 0.3) is 0 Å². The van der Waals surface area contributed by atoms with Gasteiger partial charge >= 0.3 is 0 Å². The number of carbonyl (C=O) groups is 2. The lowest BCUT2D eigenvalue weighted by molar-refractivity contribution is -0.139. The van der Waals surface area contributed by atoms with Gasteiger partial charge in [-0.1, -0.05) is 61.0 Å². The van der Waals surface area contributed by atoms with Gasteiger partial charge in [-0.3, -0.25) is 9.59 Å². The molecule has 0 bridgehead atoms. The molecule has 4 nitrogen and oxygen atoms in total. The first-order valence-corrected chi connectivity index (χ1v) is 10.5. The van der Waals surface area contributed by atoms with E-state index in [9.17, 15) is 9.59 Å². The Morgan fingerprint density at radius 3 is 2.44 bits per heavy atom. The van der Waals surface area contributed by atoms with E-state index in [4.69, 9.17) is 11.6 Å². The van der Waals surface area contributed by atoms with Crippen molar-refractivity contribution in [1.82, 2.24) is 10.2 Å². The van der Waals surface area contributed by atoms with E-state index in [0.29, 0.717) is 29.5 Å². The molecule has 0 radical (unpaired) electrons. The predicted octanol–water partition coefficient (Wildman–Crippen LogP) is 4.13. The number of rotatable bonds is 9. The number of hydrogen-bond acceptors (Lipinski definition) is 3. The molecule has 1 N–H and O–H groups in total. The van der Waals surface area contributed by atoms with Crippen LogP contribution in [0.5, 0.6) is 0 Å². The average Bonchev–Trinajstić information content (AvgIpc) is 2.68. The Morgan fingerprint density at radius 1 is 1.11 bits per heavy atom. The van der Waals surface area contributed by atoms with Crippen LogP contribution in [0, 0.1) is 0 Å². The highest BCUT2D eigenvalue weighted by atomic mass is 35.5. The molecule has 27 heavy (non-hydrogen) atoms. The van der Waals surface area contributed by atoms with Crippen LogP contribution in [0.1, 0.15) is 24.5 Å². The zero-order chi connectivity index (χ0) is 19.6. The highest BCUT2D eigenvalue weighted by Crippen LogP contribution is 2.19. The Bertz CT molecular complexity index is 755. The molecule has 144 valence electrons. The van der Waals surface area contributed by atoms with Crippen molar-refractivity contribution in [3.8, 4) is 0 Å². The van der Waals surface area contributed by atoms with E-state index < -0.39 is 6.04 Å². The molecule has 0 saturated heterocycles. The van der Waals surface area contributed by atoms with Crippen molar-refractivity contribution < 1.29 is 9.59 Å². The number of carbonyl (C=O) groups excluding carboxylic acids is 2. The average molecular weight is 405 g/mol. The molecule has 0 aliphatic carbocycles. The van der Waals surface area contributed by atoms with Gasteiger partial charge in [0.05, 0.1) is 5.75 Å². The van der Waals surface area contributed by atoms with Gasteiger partial charge in [0.2, 0.25) is 11.8 Å². The molecule has 0 aromatic heterocycles. The molecule has 0 aliphatic rings. The van der Waals surface area contributed by atoms with Crippen LogP contribution in [0.4, 0.5) is 0 Å². The monoisotopic (exact) mass is 404 g/mol. The second kappa shape index (κ2) is 11.0. The summed E-state index contributed by atoms with van der Waals surface area (Å²) in [6.45, 7) is 2.34. The van der Waals surface area contributed by atoms with Gasteiger partial charge in [0.1, 0.15) is 6.04 Å². The van der Waals surface area contributed by atoms with E-state index in [2.05, 4.69) is 5.32 Å². The molecule has 2 amide bonds. The summed E-state index contributed by atoms with van der Waals surface area (Å²) in [6.07, 6.45) is 0.567. The fraction of sp³-hybridized carbons (Fsp3) is 0.333. The fourth-order valence-electron chi connectivity index (χ4n) is 2.83. The molecule has 0 aliphatic heterocycles. The molecule has 0 fully saturated rings. The smallest absolute Gasteiger partial charge is 0.242 e. The molecule has 2 rings (SSSR count). The van der Waals surface area contributed by atoms with Crippen molar-refractivity contribution in [2.75, 3.05) is 12.8 Å². The maximum absolute atomic E-state index is 12.9. The molecule has 1 atom stereocenters. The van der Waals surface area contributed by atoms with Gasteiger partial charge in [-0.05, 0) is 29.7 Å². The Hall–Kier alpha value is -1.98. The van der Waals surface area contributed by atoms with Crippen LogP contribution in [-0.4, -0.2) is 35.6 Å². The molecule has 0 spiro atoms. The van der Waals surface area contributed by atoms with E-state index in [0.717, 1.165) is 11.1 Å². The third-order valence-corrected chi connectivity index (χ3v) is 5.43. The predicted molar refractivity (Wildman–Crippen MR) is 113 cm³/mol. The highest BCUT2D eigenvalue weighted by molar-refractivity contribution is 7.99. The maximum Gasteiger partial charge on any atom is 0.242 e. The molecule has 0 saturated carbocycles. The quantitative estimate of drug-likeness (QED) is 0.683. The summed E-state index contributed by atoms with van der Waals surface area (Å²) in [4.78, 5) is 26.9. The molecular formula is C21H25ClN2O2S. The Morgan fingerprint density at radius 2 is 1.81 bits per heavy atom. The number of nitrogens with one attached hydrogen (secondary N) is 1. The van der Waals surface area contributed by atoms with E-state index in [1.165, 1.54) is 11.8 Å². The lowest BCUT2D eigenvalue weighted by atomic mass is 10.1. The van der Waals surface area contributed by atoms with E-state index in [1.54, 1.807) is 11.9 Å². The topological polar surface area (TPSA) is 49.4 Å². The van der Waals surface area contributed by atoms with Crippen LogP contribution >= 0.6 is 23.4 Å². The second-order valence-electron chi connectivity index (χ2n) is 6.17. The minimum absolute atomic E-state index is 0.0404. The second-order valence-corrected chi connectivity index (χ2v) is 7.59. The van der Waals surface area contributed by atoms with Gasteiger partial charge in [-0.15, -0.1) is 11.8 Å². The zero-order valence-corrected chi connectivity index (χ0v) is 17.2. The number of nitrogens with zero attached hydrogens (tertiary/aromatic N) is 1. The summed E-state index contributed by atoms with van der Waals surface area (Å²) in [5.74, 6) is 0.831. The Balaban J connectivity index is 2.06. The van der Waals surface area contributed by atoms with E-state index in [-0.39, 0.29) is 11.8 Å². The third-order valence-electron chi connectivity index (χ3n) is 4.21. The van der Waals surface area contributed by atoms with Crippen molar-refractivity contribution >= 4 is 35.2 Å². The van der Waals surface area contributed by atoms with Crippen LogP contribution in [0.25, 0.3) is 0 Å². The largest absolute Gasteiger partial charge is 0.357 e. The molecule has 2 aromatic rings. The summed E-state index contributed by atoms with van der Waals surface area (Å²) in [5, 5.41) is 3.36. The number of hydrogen-bond donors (Lipinski definition) is 1. The molecule has 2 aromatic carbocycles. The first kappa shape index (κ1) is 21.3. The molecule has 0 heterocycles. The van der Waals surface area contributed by atoms with E-state index >= 15 is 0 Å². The minimum atomic E-state index is -0.477. The van der Waals surface area contributed by atoms with Crippen molar-refractivity contribution in [2.24, 2.45) is 0 Å². The summed E-state index contributed by atoms with van der Waals surface area (Å²) in [6, 6.07) is 16.9. The van der Waals surface area contributed by atoms with Gasteiger partial charge in [0.15, 0.2) is 0 Å².